The molecule has 0 bridgehead atoms. The molecule has 1 aromatic carbocycles. The summed E-state index contributed by atoms with van der Waals surface area (Å²) in [4.78, 5) is 30.3. The van der Waals surface area contributed by atoms with Gasteiger partial charge in [0.1, 0.15) is 11.0 Å². The number of allylic oxidation sites excluding steroid dienone is 1. The molecule has 3 aromatic heterocycles. The lowest BCUT2D eigenvalue weighted by Crippen LogP contribution is -2.46. The molecule has 10 nitrogen and oxygen atoms in total. The Morgan fingerprint density at radius 3 is 2.59 bits per heavy atom. The minimum absolute atomic E-state index is 0.213. The summed E-state index contributed by atoms with van der Waals surface area (Å²) in [7, 11) is 0. The molecule has 1 atom stereocenters. The number of aryl methyl sites for hydroxylation is 1. The van der Waals surface area contributed by atoms with Crippen molar-refractivity contribution in [2.75, 3.05) is 31.5 Å². The second-order valence-electron chi connectivity index (χ2n) is 12.5. The molecule has 0 amide bonds. The van der Waals surface area contributed by atoms with E-state index in [1.807, 2.05) is 19.1 Å². The van der Waals surface area contributed by atoms with Crippen LogP contribution in [0.2, 0.25) is 0 Å². The van der Waals surface area contributed by atoms with Gasteiger partial charge in [-0.3, -0.25) is 4.79 Å². The van der Waals surface area contributed by atoms with E-state index >= 15 is 0 Å². The normalized spacial score (nSPS) is 21.5. The smallest absolute Gasteiger partial charge is 0.278 e. The van der Waals surface area contributed by atoms with Gasteiger partial charge < -0.3 is 20.6 Å². The lowest BCUT2D eigenvalue weighted by Gasteiger charge is -2.39. The molecular weight excluding hydrogens is 552 g/mol. The van der Waals surface area contributed by atoms with Gasteiger partial charge in [0.25, 0.3) is 5.56 Å². The largest absolute Gasteiger partial charge is 0.384 e. The summed E-state index contributed by atoms with van der Waals surface area (Å²) in [6.07, 6.45) is 10.2. The van der Waals surface area contributed by atoms with Crippen molar-refractivity contribution in [3.05, 3.63) is 82.4 Å². The molecule has 0 unspecified atom stereocenters. The second kappa shape index (κ2) is 11.9. The van der Waals surface area contributed by atoms with Crippen LogP contribution in [0.1, 0.15) is 68.2 Å². The Morgan fingerprint density at radius 1 is 1.09 bits per heavy atom. The van der Waals surface area contributed by atoms with E-state index in [1.165, 1.54) is 44.3 Å². The van der Waals surface area contributed by atoms with Crippen LogP contribution >= 0.6 is 0 Å². The van der Waals surface area contributed by atoms with Crippen molar-refractivity contribution in [3.63, 3.8) is 0 Å². The Balaban J connectivity index is 1.13. The van der Waals surface area contributed by atoms with E-state index in [2.05, 4.69) is 51.4 Å². The number of rotatable bonds is 8. The van der Waals surface area contributed by atoms with E-state index in [-0.39, 0.29) is 12.1 Å². The van der Waals surface area contributed by atoms with Gasteiger partial charge in [0.05, 0.1) is 12.2 Å². The lowest BCUT2D eigenvalue weighted by molar-refractivity contribution is 0.0306. The van der Waals surface area contributed by atoms with Crippen LogP contribution in [0.15, 0.2) is 60.0 Å². The monoisotopic (exact) mass is 594 g/mol. The number of nitrogens with one attached hydrogen (secondary N) is 2. The first-order chi connectivity index (χ1) is 21.5. The van der Waals surface area contributed by atoms with Gasteiger partial charge in [0.2, 0.25) is 5.95 Å². The van der Waals surface area contributed by atoms with E-state index in [4.69, 9.17) is 9.97 Å². The van der Waals surface area contributed by atoms with E-state index in [1.54, 1.807) is 21.6 Å². The van der Waals surface area contributed by atoms with Crippen molar-refractivity contribution in [1.82, 2.24) is 34.5 Å². The third kappa shape index (κ3) is 5.25. The topological polar surface area (TPSA) is 113 Å². The molecule has 230 valence electrons. The van der Waals surface area contributed by atoms with Gasteiger partial charge in [-0.15, -0.1) is 6.58 Å². The number of benzene rings is 1. The lowest BCUT2D eigenvalue weighted by atomic mass is 9.88. The maximum absolute atomic E-state index is 13.4. The van der Waals surface area contributed by atoms with Crippen LogP contribution in [0.4, 0.5) is 11.6 Å². The number of likely N-dealkylation sites (tertiary alicyclic amines) is 1. The van der Waals surface area contributed by atoms with Crippen LogP contribution in [-0.2, 0) is 18.6 Å². The molecule has 2 aliphatic heterocycles. The highest BCUT2D eigenvalue weighted by molar-refractivity contribution is 5.77. The first kappa shape index (κ1) is 28.9. The van der Waals surface area contributed by atoms with Crippen LogP contribution in [0.3, 0.4) is 0 Å². The average molecular weight is 595 g/mol. The summed E-state index contributed by atoms with van der Waals surface area (Å²) in [5.41, 5.74) is 3.27. The van der Waals surface area contributed by atoms with Crippen LogP contribution in [0.5, 0.6) is 0 Å². The number of anilines is 2. The van der Waals surface area contributed by atoms with Gasteiger partial charge in [-0.25, -0.2) is 19.3 Å². The molecule has 0 spiro atoms. The zero-order valence-electron chi connectivity index (χ0n) is 25.5. The first-order valence-corrected chi connectivity index (χ1v) is 16.1. The molecule has 44 heavy (non-hydrogen) atoms. The first-order valence-electron chi connectivity index (χ1n) is 16.1. The predicted octanol–water partition coefficient (Wildman–Crippen LogP) is 4.38. The molecule has 4 aromatic rings. The molecule has 3 aliphatic rings. The molecule has 5 heterocycles. The van der Waals surface area contributed by atoms with Crippen molar-refractivity contribution < 1.29 is 5.11 Å². The molecule has 2 fully saturated rings. The van der Waals surface area contributed by atoms with Crippen molar-refractivity contribution in [3.8, 4) is 5.82 Å². The fourth-order valence-corrected chi connectivity index (χ4v) is 7.35. The van der Waals surface area contributed by atoms with Gasteiger partial charge >= 0.3 is 0 Å². The Labute approximate surface area is 257 Å². The number of pyridine rings is 1. The Morgan fingerprint density at radius 2 is 1.86 bits per heavy atom. The van der Waals surface area contributed by atoms with Crippen molar-refractivity contribution in [1.29, 1.82) is 0 Å². The molecule has 2 saturated heterocycles. The summed E-state index contributed by atoms with van der Waals surface area (Å²) >= 11 is 0. The van der Waals surface area contributed by atoms with E-state index < -0.39 is 5.60 Å². The number of aromatic nitrogens is 5. The quantitative estimate of drug-likeness (QED) is 0.258. The van der Waals surface area contributed by atoms with Gasteiger partial charge in [-0.1, -0.05) is 31.2 Å². The maximum atomic E-state index is 13.4. The number of hydrogen-bond acceptors (Lipinski definition) is 8. The van der Waals surface area contributed by atoms with Crippen LogP contribution in [0, 0.1) is 0 Å². The van der Waals surface area contributed by atoms with Crippen molar-refractivity contribution >= 4 is 22.7 Å². The minimum Gasteiger partial charge on any atom is -0.384 e. The summed E-state index contributed by atoms with van der Waals surface area (Å²) in [6.45, 7) is 10.7. The molecule has 10 heteroatoms. The number of nitrogens with zero attached hydrogens (tertiary/aromatic N) is 6. The molecule has 0 saturated carbocycles. The van der Waals surface area contributed by atoms with Crippen LogP contribution in [0.25, 0.3) is 16.9 Å². The Kier molecular flexibility index (Phi) is 7.82. The van der Waals surface area contributed by atoms with Crippen molar-refractivity contribution in [2.24, 2.45) is 0 Å². The number of aliphatic hydroxyl groups is 1. The van der Waals surface area contributed by atoms with Gasteiger partial charge in [-0.2, -0.15) is 4.98 Å². The second-order valence-corrected chi connectivity index (χ2v) is 12.5. The summed E-state index contributed by atoms with van der Waals surface area (Å²) < 4.78 is 3.29. The van der Waals surface area contributed by atoms with Crippen LogP contribution < -0.4 is 16.2 Å². The highest BCUT2D eigenvalue weighted by Gasteiger charge is 2.37. The SMILES string of the molecule is C=CCn1c(=O)c2cnc(Nc3ccc(C4CCN(C5CCNCC5)CC4)cc3)nc2n1-c1ccc2c(n1)[C@](O)(CC)CC2. The fourth-order valence-electron chi connectivity index (χ4n) is 7.35. The number of hydrogen-bond donors (Lipinski definition) is 3. The average Bonchev–Trinajstić information content (AvgIpc) is 3.55. The van der Waals surface area contributed by atoms with Crippen LogP contribution in [-0.4, -0.2) is 66.5 Å². The van der Waals surface area contributed by atoms with Crippen molar-refractivity contribution in [2.45, 2.75) is 76.0 Å². The third-order valence-electron chi connectivity index (χ3n) is 9.99. The van der Waals surface area contributed by atoms with E-state index in [0.29, 0.717) is 47.3 Å². The van der Waals surface area contributed by atoms with Gasteiger partial charge in [0.15, 0.2) is 11.5 Å². The molecule has 0 radical (unpaired) electrons. The molecule has 7 rings (SSSR count). The highest BCUT2D eigenvalue weighted by Crippen LogP contribution is 2.38. The van der Waals surface area contributed by atoms with Gasteiger partial charge in [0, 0.05) is 17.9 Å². The zero-order chi connectivity index (χ0) is 30.3. The zero-order valence-corrected chi connectivity index (χ0v) is 25.5. The third-order valence-corrected chi connectivity index (χ3v) is 9.99. The van der Waals surface area contributed by atoms with E-state index in [9.17, 15) is 9.90 Å². The summed E-state index contributed by atoms with van der Waals surface area (Å²) in [5.74, 6) is 1.52. The number of fused-ring (bicyclic) bond motifs is 2. The van der Waals surface area contributed by atoms with E-state index in [0.717, 1.165) is 36.8 Å². The maximum Gasteiger partial charge on any atom is 0.278 e. The fraction of sp³-hybridized carbons (Fsp3) is 0.471. The minimum atomic E-state index is -0.962. The highest BCUT2D eigenvalue weighted by atomic mass is 16.3. The summed E-state index contributed by atoms with van der Waals surface area (Å²) in [5, 5.41) is 18.4. The summed E-state index contributed by atoms with van der Waals surface area (Å²) in [6, 6.07) is 13.2. The molecule has 3 N–H and O–H groups in total. The molecular formula is C34H42N8O2. The molecule has 1 aliphatic carbocycles. The van der Waals surface area contributed by atoms with Gasteiger partial charge in [-0.05, 0) is 106 Å². The number of piperidine rings is 2. The Hall–Kier alpha value is -3.86. The standard InChI is InChI=1S/C34H42N8O2/c1-3-19-41-32(43)28-22-36-33(39-31(28)42(41)29-10-7-25-11-16-34(44,4-2)30(25)38-29)37-26-8-5-23(6-9-26)24-14-20-40(21-15-24)27-12-17-35-18-13-27/h3,5-10,22,24,27,35,44H,1,4,11-21H2,2H3,(H,36,37,39)/t34-/m0/s1. The Bertz CT molecular complexity index is 1710. The predicted molar refractivity (Wildman–Crippen MR) is 173 cm³/mol.